The van der Waals surface area contributed by atoms with Gasteiger partial charge in [-0.15, -0.1) is 0 Å². The summed E-state index contributed by atoms with van der Waals surface area (Å²) in [6.45, 7) is 0.0242. The number of carbonyl (C=O) groups is 3. The van der Waals surface area contributed by atoms with Crippen molar-refractivity contribution in [2.45, 2.75) is 30.6 Å². The number of hydrogen-bond acceptors (Lipinski definition) is 4. The molecule has 4 atom stereocenters. The molecule has 2 fully saturated rings. The lowest BCUT2D eigenvalue weighted by atomic mass is 9.74. The summed E-state index contributed by atoms with van der Waals surface area (Å²) in [5.74, 6) is -8.41. The third-order valence-electron chi connectivity index (χ3n) is 7.11. The number of carboxylic acid groups (broad SMARTS) is 1. The van der Waals surface area contributed by atoms with Crippen molar-refractivity contribution < 1.29 is 32.7 Å². The molecule has 1 saturated heterocycles. The van der Waals surface area contributed by atoms with Crippen molar-refractivity contribution in [2.75, 3.05) is 16.8 Å². The van der Waals surface area contributed by atoms with Gasteiger partial charge in [-0.3, -0.25) is 19.7 Å². The summed E-state index contributed by atoms with van der Waals surface area (Å²) in [6.07, 6.45) is -3.63. The Hall–Kier alpha value is -2.24. The van der Waals surface area contributed by atoms with E-state index in [4.69, 9.17) is 46.4 Å². The van der Waals surface area contributed by atoms with Gasteiger partial charge >= 0.3 is 12.1 Å². The second-order valence-electron chi connectivity index (χ2n) is 9.60. The van der Waals surface area contributed by atoms with Gasteiger partial charge in [-0.25, -0.2) is 0 Å². The maximum atomic E-state index is 14.5. The number of halogens is 7. The quantitative estimate of drug-likeness (QED) is 0.401. The van der Waals surface area contributed by atoms with E-state index < -0.39 is 47.4 Å². The highest BCUT2D eigenvalue weighted by molar-refractivity contribution is 6.38. The number of benzene rings is 2. The summed E-state index contributed by atoms with van der Waals surface area (Å²) >= 11 is 24.5. The van der Waals surface area contributed by atoms with Crippen molar-refractivity contribution in [1.82, 2.24) is 5.32 Å². The molecule has 3 N–H and O–H groups in total. The lowest BCUT2D eigenvalue weighted by Crippen LogP contribution is -2.53. The highest BCUT2D eigenvalue weighted by Gasteiger charge is 2.71. The third-order valence-corrected chi connectivity index (χ3v) is 8.06. The van der Waals surface area contributed by atoms with Crippen LogP contribution in [0.1, 0.15) is 18.4 Å². The number of amides is 2. The number of carbonyl (C=O) groups excluding carboxylic acids is 2. The first kappa shape index (κ1) is 27.3. The van der Waals surface area contributed by atoms with Gasteiger partial charge in [-0.05, 0) is 49.1 Å². The number of aliphatic carboxylic acids is 1. The van der Waals surface area contributed by atoms with Crippen LogP contribution in [0.3, 0.4) is 0 Å². The number of hydrogen-bond donors (Lipinski definition) is 3. The van der Waals surface area contributed by atoms with Gasteiger partial charge in [-0.1, -0.05) is 46.4 Å². The molecule has 1 unspecified atom stereocenters. The van der Waals surface area contributed by atoms with Gasteiger partial charge < -0.3 is 15.3 Å². The average molecular weight is 611 g/mol. The van der Waals surface area contributed by atoms with E-state index in [9.17, 15) is 32.7 Å². The molecule has 2 aromatic carbocycles. The Bertz CT molecular complexity index is 1350. The zero-order valence-corrected chi connectivity index (χ0v) is 22.1. The molecule has 3 aliphatic rings. The van der Waals surface area contributed by atoms with Gasteiger partial charge in [0.15, 0.2) is 0 Å². The maximum absolute atomic E-state index is 14.5. The molecule has 1 saturated carbocycles. The van der Waals surface area contributed by atoms with Crippen molar-refractivity contribution in [1.29, 1.82) is 0 Å². The van der Waals surface area contributed by atoms with Crippen LogP contribution in [-0.4, -0.2) is 41.7 Å². The minimum Gasteiger partial charge on any atom is -0.481 e. The first-order valence-corrected chi connectivity index (χ1v) is 12.9. The summed E-state index contributed by atoms with van der Waals surface area (Å²) < 4.78 is 43.6. The minimum atomic E-state index is -5.11. The van der Waals surface area contributed by atoms with Crippen LogP contribution in [0.2, 0.25) is 20.1 Å². The predicted molar refractivity (Wildman–Crippen MR) is 136 cm³/mol. The van der Waals surface area contributed by atoms with Gasteiger partial charge in [0.2, 0.25) is 11.8 Å². The van der Waals surface area contributed by atoms with Crippen LogP contribution in [0.4, 0.5) is 24.5 Å². The van der Waals surface area contributed by atoms with Gasteiger partial charge in [0.1, 0.15) is 17.5 Å². The third kappa shape index (κ3) is 4.50. The molecule has 0 bridgehead atoms. The molecule has 5 rings (SSSR count). The monoisotopic (exact) mass is 609 g/mol. The SMILES string of the molecule is O=C(O)[C@@H]1[C@H](C(=O)N(CC2CC2)c2cc(Cl)cc(Cl)c2)[C@H](C(F)(F)F)NC12C(=O)Nc1c(Cl)cc(Cl)cc12. The molecule has 0 aromatic heterocycles. The fourth-order valence-corrected chi connectivity index (χ4v) is 6.41. The van der Waals surface area contributed by atoms with Crippen LogP contribution in [0.5, 0.6) is 0 Å². The predicted octanol–water partition coefficient (Wildman–Crippen LogP) is 5.74. The van der Waals surface area contributed by atoms with Crippen LogP contribution in [-0.2, 0) is 19.9 Å². The van der Waals surface area contributed by atoms with Crippen molar-refractivity contribution in [3.05, 3.63) is 56.0 Å². The van der Waals surface area contributed by atoms with Crippen molar-refractivity contribution >= 4 is 75.6 Å². The van der Waals surface area contributed by atoms with E-state index in [2.05, 4.69) is 10.6 Å². The summed E-state index contributed by atoms with van der Waals surface area (Å²) in [7, 11) is 0. The Kier molecular flexibility index (Phi) is 6.79. The number of alkyl halides is 3. The fraction of sp³-hybridized carbons (Fsp3) is 0.375. The summed E-state index contributed by atoms with van der Waals surface area (Å²) in [6, 6.07) is 3.85. The van der Waals surface area contributed by atoms with E-state index in [0.29, 0.717) is 0 Å². The Morgan fingerprint density at radius 3 is 2.18 bits per heavy atom. The molecule has 202 valence electrons. The number of anilines is 2. The molecule has 7 nitrogen and oxygen atoms in total. The molecule has 2 aromatic rings. The second-order valence-corrected chi connectivity index (χ2v) is 11.3. The zero-order chi connectivity index (χ0) is 27.7. The van der Waals surface area contributed by atoms with Gasteiger partial charge in [-0.2, -0.15) is 13.2 Å². The Morgan fingerprint density at radius 2 is 1.63 bits per heavy atom. The number of carboxylic acids is 1. The number of nitrogens with one attached hydrogen (secondary N) is 2. The molecule has 38 heavy (non-hydrogen) atoms. The molecular weight excluding hydrogens is 593 g/mol. The van der Waals surface area contributed by atoms with E-state index in [0.717, 1.165) is 17.7 Å². The normalized spacial score (nSPS) is 26.4. The first-order valence-electron chi connectivity index (χ1n) is 11.4. The zero-order valence-electron chi connectivity index (χ0n) is 19.1. The van der Waals surface area contributed by atoms with E-state index in [-0.39, 0.29) is 49.5 Å². The average Bonchev–Trinajstić information content (AvgIpc) is 3.47. The van der Waals surface area contributed by atoms with E-state index in [1.807, 2.05) is 0 Å². The van der Waals surface area contributed by atoms with E-state index >= 15 is 0 Å². The van der Waals surface area contributed by atoms with Crippen LogP contribution < -0.4 is 15.5 Å². The topological polar surface area (TPSA) is 98.7 Å². The molecule has 1 aliphatic carbocycles. The van der Waals surface area contributed by atoms with Crippen LogP contribution in [0, 0.1) is 17.8 Å². The number of fused-ring (bicyclic) bond motifs is 2. The molecule has 1 spiro atoms. The molecule has 0 radical (unpaired) electrons. The lowest BCUT2D eigenvalue weighted by molar-refractivity contribution is -0.169. The second kappa shape index (κ2) is 9.45. The van der Waals surface area contributed by atoms with Crippen LogP contribution >= 0.6 is 46.4 Å². The highest BCUT2D eigenvalue weighted by Crippen LogP contribution is 2.54. The Morgan fingerprint density at radius 1 is 1.03 bits per heavy atom. The standard InChI is InChI=1S/C24H18Cl4F3N3O4/c25-10-3-11(26)5-13(4-10)34(8-9-1-2-9)20(35)16-17(21(36)37)23(33-19(16)24(29,30)31)14-6-12(27)7-15(28)18(14)32-22(23)38/h3-7,9,16-17,19,33H,1-2,8H2,(H,32,38)(H,36,37)/t16-,17-,19+,23?/m0/s1. The Labute approximate surface area is 234 Å². The summed E-state index contributed by atoms with van der Waals surface area (Å²) in [5, 5.41) is 15.0. The molecule has 2 amide bonds. The van der Waals surface area contributed by atoms with Crippen molar-refractivity contribution in [3.8, 4) is 0 Å². The minimum absolute atomic E-state index is 0.000706. The Balaban J connectivity index is 1.69. The summed E-state index contributed by atoms with van der Waals surface area (Å²) in [5.41, 5.74) is -2.62. The van der Waals surface area contributed by atoms with Crippen LogP contribution in [0.15, 0.2) is 30.3 Å². The molecule has 2 aliphatic heterocycles. The lowest BCUT2D eigenvalue weighted by Gasteiger charge is -2.32. The largest absolute Gasteiger partial charge is 0.481 e. The van der Waals surface area contributed by atoms with Crippen LogP contribution in [0.25, 0.3) is 0 Å². The van der Waals surface area contributed by atoms with Crippen molar-refractivity contribution in [3.63, 3.8) is 0 Å². The molecule has 2 heterocycles. The van der Waals surface area contributed by atoms with E-state index in [1.54, 1.807) is 0 Å². The first-order chi connectivity index (χ1) is 17.7. The molecule has 14 heteroatoms. The summed E-state index contributed by atoms with van der Waals surface area (Å²) in [4.78, 5) is 41.2. The van der Waals surface area contributed by atoms with Gasteiger partial charge in [0, 0.05) is 32.9 Å². The number of nitrogens with zero attached hydrogens (tertiary/aromatic N) is 1. The maximum Gasteiger partial charge on any atom is 0.404 e. The number of rotatable bonds is 5. The smallest absolute Gasteiger partial charge is 0.404 e. The van der Waals surface area contributed by atoms with E-state index in [1.165, 1.54) is 30.3 Å². The fourth-order valence-electron chi connectivity index (χ4n) is 5.35. The van der Waals surface area contributed by atoms with Gasteiger partial charge in [0.25, 0.3) is 0 Å². The molecular formula is C24H18Cl4F3N3O4. The van der Waals surface area contributed by atoms with Gasteiger partial charge in [0.05, 0.1) is 16.6 Å². The van der Waals surface area contributed by atoms with Crippen molar-refractivity contribution in [2.24, 2.45) is 17.8 Å². The highest BCUT2D eigenvalue weighted by atomic mass is 35.5.